The summed E-state index contributed by atoms with van der Waals surface area (Å²) in [7, 11) is 0. The van der Waals surface area contributed by atoms with Crippen LogP contribution in [-0.2, 0) is 0 Å². The van der Waals surface area contributed by atoms with Crippen LogP contribution in [0.3, 0.4) is 0 Å². The molecular weight excluding hydrogens is 233 g/mol. The Labute approximate surface area is 104 Å². The first kappa shape index (κ1) is 12.1. The number of benzene rings is 2. The van der Waals surface area contributed by atoms with Gasteiger partial charge in [-0.05, 0) is 48.9 Å². The van der Waals surface area contributed by atoms with Crippen LogP contribution in [0, 0.1) is 12.7 Å². The molecule has 0 heterocycles. The van der Waals surface area contributed by atoms with Crippen molar-refractivity contribution in [2.75, 3.05) is 5.32 Å². The minimum absolute atomic E-state index is 0.0907. The van der Waals surface area contributed by atoms with Gasteiger partial charge in [-0.1, -0.05) is 6.07 Å². The van der Waals surface area contributed by atoms with Gasteiger partial charge in [-0.3, -0.25) is 4.79 Å². The molecule has 0 atom stereocenters. The lowest BCUT2D eigenvalue weighted by Crippen LogP contribution is -2.11. The van der Waals surface area contributed by atoms with E-state index in [1.54, 1.807) is 19.1 Å². The summed E-state index contributed by atoms with van der Waals surface area (Å²) < 4.78 is 13.3. The molecule has 2 N–H and O–H groups in total. The topological polar surface area (TPSA) is 49.3 Å². The highest BCUT2D eigenvalue weighted by molar-refractivity contribution is 6.04. The molecular formula is C14H12FNO2. The zero-order valence-corrected chi connectivity index (χ0v) is 9.77. The zero-order chi connectivity index (χ0) is 13.1. The Balaban J connectivity index is 2.16. The van der Waals surface area contributed by atoms with E-state index in [1.807, 2.05) is 0 Å². The van der Waals surface area contributed by atoms with Crippen molar-refractivity contribution in [1.29, 1.82) is 0 Å². The number of rotatable bonds is 2. The van der Waals surface area contributed by atoms with Crippen LogP contribution < -0.4 is 5.32 Å². The fraction of sp³-hybridized carbons (Fsp3) is 0.0714. The van der Waals surface area contributed by atoms with Gasteiger partial charge >= 0.3 is 0 Å². The Morgan fingerprint density at radius 3 is 2.44 bits per heavy atom. The van der Waals surface area contributed by atoms with Crippen LogP contribution in [0.25, 0.3) is 0 Å². The molecule has 0 saturated carbocycles. The Morgan fingerprint density at radius 2 is 1.83 bits per heavy atom. The zero-order valence-electron chi connectivity index (χ0n) is 9.77. The summed E-state index contributed by atoms with van der Waals surface area (Å²) in [4.78, 5) is 11.8. The summed E-state index contributed by atoms with van der Waals surface area (Å²) in [5.41, 5.74) is 1.32. The number of halogens is 1. The van der Waals surface area contributed by atoms with Crippen molar-refractivity contribution < 1.29 is 14.3 Å². The van der Waals surface area contributed by atoms with Crippen LogP contribution >= 0.6 is 0 Å². The molecule has 0 saturated heterocycles. The van der Waals surface area contributed by atoms with Crippen molar-refractivity contribution >= 4 is 11.6 Å². The molecule has 2 aromatic rings. The molecule has 0 bridgehead atoms. The number of phenols is 1. The number of anilines is 1. The van der Waals surface area contributed by atoms with E-state index in [0.29, 0.717) is 16.8 Å². The van der Waals surface area contributed by atoms with E-state index in [-0.39, 0.29) is 17.5 Å². The van der Waals surface area contributed by atoms with Gasteiger partial charge in [0.15, 0.2) is 0 Å². The largest absolute Gasteiger partial charge is 0.508 e. The maximum Gasteiger partial charge on any atom is 0.255 e. The fourth-order valence-electron chi connectivity index (χ4n) is 1.49. The standard InChI is InChI=1S/C14H12FNO2/c1-9-2-5-11(8-13(9)15)16-14(18)10-3-6-12(17)7-4-10/h2-8,17H,1H3,(H,16,18). The number of carbonyl (C=O) groups is 1. The summed E-state index contributed by atoms with van der Waals surface area (Å²) in [6.07, 6.45) is 0. The molecule has 18 heavy (non-hydrogen) atoms. The molecule has 92 valence electrons. The second kappa shape index (κ2) is 4.87. The number of aryl methyl sites for hydroxylation is 1. The number of hydrogen-bond acceptors (Lipinski definition) is 2. The first-order chi connectivity index (χ1) is 8.56. The highest BCUT2D eigenvalue weighted by atomic mass is 19.1. The number of phenolic OH excluding ortho intramolecular Hbond substituents is 1. The third-order valence-electron chi connectivity index (χ3n) is 2.56. The number of aromatic hydroxyl groups is 1. The predicted octanol–water partition coefficient (Wildman–Crippen LogP) is 3.09. The molecule has 0 aliphatic heterocycles. The van der Waals surface area contributed by atoms with E-state index in [4.69, 9.17) is 5.11 Å². The van der Waals surface area contributed by atoms with Gasteiger partial charge in [-0.2, -0.15) is 0 Å². The van der Waals surface area contributed by atoms with Gasteiger partial charge in [-0.15, -0.1) is 0 Å². The lowest BCUT2D eigenvalue weighted by molar-refractivity contribution is 0.102. The third kappa shape index (κ3) is 2.66. The maximum atomic E-state index is 13.3. The highest BCUT2D eigenvalue weighted by Gasteiger charge is 2.07. The van der Waals surface area contributed by atoms with Crippen molar-refractivity contribution in [3.05, 3.63) is 59.4 Å². The van der Waals surface area contributed by atoms with Crippen molar-refractivity contribution in [1.82, 2.24) is 0 Å². The second-order valence-corrected chi connectivity index (χ2v) is 3.96. The van der Waals surface area contributed by atoms with Gasteiger partial charge in [-0.25, -0.2) is 4.39 Å². The average molecular weight is 245 g/mol. The molecule has 0 spiro atoms. The van der Waals surface area contributed by atoms with Crippen molar-refractivity contribution in [3.63, 3.8) is 0 Å². The van der Waals surface area contributed by atoms with Gasteiger partial charge in [0.2, 0.25) is 0 Å². The lowest BCUT2D eigenvalue weighted by atomic mass is 10.2. The first-order valence-corrected chi connectivity index (χ1v) is 5.43. The molecule has 0 aromatic heterocycles. The Kier molecular flexibility index (Phi) is 3.28. The normalized spacial score (nSPS) is 10.1. The quantitative estimate of drug-likeness (QED) is 0.854. The van der Waals surface area contributed by atoms with Crippen molar-refractivity contribution in [3.8, 4) is 5.75 Å². The number of nitrogens with one attached hydrogen (secondary N) is 1. The van der Waals surface area contributed by atoms with Crippen LogP contribution in [0.15, 0.2) is 42.5 Å². The maximum absolute atomic E-state index is 13.3. The lowest BCUT2D eigenvalue weighted by Gasteiger charge is -2.06. The van der Waals surface area contributed by atoms with E-state index in [9.17, 15) is 9.18 Å². The molecule has 4 heteroatoms. The van der Waals surface area contributed by atoms with Gasteiger partial charge in [0, 0.05) is 11.3 Å². The molecule has 0 unspecified atom stereocenters. The molecule has 0 fully saturated rings. The molecule has 0 aliphatic carbocycles. The fourth-order valence-corrected chi connectivity index (χ4v) is 1.49. The minimum Gasteiger partial charge on any atom is -0.508 e. The average Bonchev–Trinajstić information content (AvgIpc) is 2.34. The molecule has 2 rings (SSSR count). The van der Waals surface area contributed by atoms with Crippen LogP contribution in [0.1, 0.15) is 15.9 Å². The molecule has 0 radical (unpaired) electrons. The summed E-state index contributed by atoms with van der Waals surface area (Å²) >= 11 is 0. The second-order valence-electron chi connectivity index (χ2n) is 3.96. The predicted molar refractivity (Wildman–Crippen MR) is 67.2 cm³/mol. The number of hydrogen-bond donors (Lipinski definition) is 2. The molecule has 1 amide bonds. The van der Waals surface area contributed by atoms with Crippen molar-refractivity contribution in [2.45, 2.75) is 6.92 Å². The Morgan fingerprint density at radius 1 is 1.17 bits per heavy atom. The van der Waals surface area contributed by atoms with Crippen LogP contribution in [0.4, 0.5) is 10.1 Å². The van der Waals surface area contributed by atoms with Gasteiger partial charge in [0.25, 0.3) is 5.91 Å². The third-order valence-corrected chi connectivity index (χ3v) is 2.56. The summed E-state index contributed by atoms with van der Waals surface area (Å²) in [5.74, 6) is -0.621. The van der Waals surface area contributed by atoms with Gasteiger partial charge in [0.1, 0.15) is 11.6 Å². The smallest absolute Gasteiger partial charge is 0.255 e. The molecule has 2 aromatic carbocycles. The monoisotopic (exact) mass is 245 g/mol. The van der Waals surface area contributed by atoms with E-state index in [2.05, 4.69) is 5.32 Å². The summed E-state index contributed by atoms with van der Waals surface area (Å²) in [5, 5.41) is 11.7. The summed E-state index contributed by atoms with van der Waals surface area (Å²) in [6, 6.07) is 10.3. The number of carbonyl (C=O) groups excluding carboxylic acids is 1. The van der Waals surface area contributed by atoms with Crippen LogP contribution in [0.2, 0.25) is 0 Å². The summed E-state index contributed by atoms with van der Waals surface area (Å²) in [6.45, 7) is 1.65. The SMILES string of the molecule is Cc1ccc(NC(=O)c2ccc(O)cc2)cc1F. The van der Waals surface area contributed by atoms with Gasteiger partial charge in [0.05, 0.1) is 0 Å². The molecule has 3 nitrogen and oxygen atoms in total. The van der Waals surface area contributed by atoms with Crippen LogP contribution in [-0.4, -0.2) is 11.0 Å². The van der Waals surface area contributed by atoms with E-state index in [1.165, 1.54) is 30.3 Å². The van der Waals surface area contributed by atoms with Crippen LogP contribution in [0.5, 0.6) is 5.75 Å². The Hall–Kier alpha value is -2.36. The van der Waals surface area contributed by atoms with Crippen molar-refractivity contribution in [2.24, 2.45) is 0 Å². The molecule has 0 aliphatic rings. The van der Waals surface area contributed by atoms with E-state index < -0.39 is 0 Å². The minimum atomic E-state index is -0.362. The Bertz CT molecular complexity index is 579. The highest BCUT2D eigenvalue weighted by Crippen LogP contribution is 2.15. The van der Waals surface area contributed by atoms with E-state index in [0.717, 1.165) is 0 Å². The first-order valence-electron chi connectivity index (χ1n) is 5.43. The number of amides is 1. The van der Waals surface area contributed by atoms with E-state index >= 15 is 0 Å². The van der Waals surface area contributed by atoms with Gasteiger partial charge < -0.3 is 10.4 Å².